The largest absolute Gasteiger partial charge is 0.497 e. The molecule has 1 fully saturated rings. The Bertz CT molecular complexity index is 1120. The standard InChI is InChI=1S/C27H33NO4/c1-26(2,3)24-15-19-13-18(5-10-23(19)28(24)16-21(30)17-29)14-25(31)27(11-12-27)20-6-8-22(32-4)9-7-20/h5-10,13,15,21,29-30H,11-12,14,16-17H2,1-4H3/t21-/m1/s1. The quantitative estimate of drug-likeness (QED) is 0.558. The van der Waals surface area contributed by atoms with Crippen molar-refractivity contribution >= 4 is 16.7 Å². The normalized spacial score (nSPS) is 16.2. The zero-order valence-corrected chi connectivity index (χ0v) is 19.4. The van der Waals surface area contributed by atoms with Gasteiger partial charge in [-0.1, -0.05) is 39.0 Å². The molecule has 0 radical (unpaired) electrons. The summed E-state index contributed by atoms with van der Waals surface area (Å²) in [6, 6.07) is 16.1. The first-order valence-electron chi connectivity index (χ1n) is 11.3. The van der Waals surface area contributed by atoms with Gasteiger partial charge in [-0.15, -0.1) is 0 Å². The maximum atomic E-state index is 13.3. The fourth-order valence-electron chi connectivity index (χ4n) is 4.64. The molecule has 4 rings (SSSR count). The van der Waals surface area contributed by atoms with Crippen LogP contribution in [0.1, 0.15) is 50.4 Å². The third-order valence-electron chi connectivity index (χ3n) is 6.63. The maximum Gasteiger partial charge on any atom is 0.147 e. The fraction of sp³-hybridized carbons (Fsp3) is 0.444. The smallest absolute Gasteiger partial charge is 0.147 e. The van der Waals surface area contributed by atoms with Crippen molar-refractivity contribution in [1.29, 1.82) is 0 Å². The maximum absolute atomic E-state index is 13.3. The molecule has 5 heteroatoms. The molecule has 3 aromatic rings. The van der Waals surface area contributed by atoms with Gasteiger partial charge in [-0.25, -0.2) is 0 Å². The van der Waals surface area contributed by atoms with Gasteiger partial charge in [-0.05, 0) is 54.3 Å². The molecule has 1 atom stereocenters. The molecule has 0 aliphatic heterocycles. The molecule has 1 saturated carbocycles. The predicted octanol–water partition coefficient (Wildman–Crippen LogP) is 4.14. The molecule has 5 nitrogen and oxygen atoms in total. The highest BCUT2D eigenvalue weighted by Crippen LogP contribution is 2.50. The summed E-state index contributed by atoms with van der Waals surface area (Å²) in [5, 5.41) is 20.5. The van der Waals surface area contributed by atoms with E-state index in [9.17, 15) is 15.0 Å². The average Bonchev–Trinajstić information content (AvgIpc) is 3.50. The molecule has 0 bridgehead atoms. The number of benzene rings is 2. The van der Waals surface area contributed by atoms with E-state index in [2.05, 4.69) is 37.5 Å². The van der Waals surface area contributed by atoms with E-state index >= 15 is 0 Å². The lowest BCUT2D eigenvalue weighted by Gasteiger charge is -2.23. The van der Waals surface area contributed by atoms with Crippen LogP contribution in [0.5, 0.6) is 5.75 Å². The Morgan fingerprint density at radius 1 is 1.12 bits per heavy atom. The zero-order valence-electron chi connectivity index (χ0n) is 19.4. The van der Waals surface area contributed by atoms with Crippen LogP contribution in [0.15, 0.2) is 48.5 Å². The van der Waals surface area contributed by atoms with Crippen LogP contribution in [0.2, 0.25) is 0 Å². The van der Waals surface area contributed by atoms with Crippen molar-refractivity contribution in [1.82, 2.24) is 4.57 Å². The van der Waals surface area contributed by atoms with Gasteiger partial charge in [0.2, 0.25) is 0 Å². The van der Waals surface area contributed by atoms with Gasteiger partial charge in [-0.3, -0.25) is 4.79 Å². The first-order valence-corrected chi connectivity index (χ1v) is 11.3. The second-order valence-corrected chi connectivity index (χ2v) is 10.0. The highest BCUT2D eigenvalue weighted by Gasteiger charge is 2.50. The lowest BCUT2D eigenvalue weighted by atomic mass is 9.87. The minimum absolute atomic E-state index is 0.114. The number of ketones is 1. The van der Waals surface area contributed by atoms with Gasteiger partial charge in [0.05, 0.1) is 31.8 Å². The number of hydrogen-bond donors (Lipinski definition) is 2. The van der Waals surface area contributed by atoms with Crippen LogP contribution in [0.3, 0.4) is 0 Å². The molecule has 0 amide bonds. The number of aliphatic hydroxyl groups is 2. The van der Waals surface area contributed by atoms with Crippen molar-refractivity contribution in [3.05, 3.63) is 65.4 Å². The molecule has 1 heterocycles. The molecule has 2 N–H and O–H groups in total. The zero-order chi connectivity index (χ0) is 23.1. The summed E-state index contributed by atoms with van der Waals surface area (Å²) in [6.45, 7) is 6.48. The van der Waals surface area contributed by atoms with Gasteiger partial charge in [0.25, 0.3) is 0 Å². The first-order chi connectivity index (χ1) is 15.2. The Morgan fingerprint density at radius 2 is 1.81 bits per heavy atom. The number of aromatic nitrogens is 1. The monoisotopic (exact) mass is 435 g/mol. The Morgan fingerprint density at radius 3 is 2.38 bits per heavy atom. The average molecular weight is 436 g/mol. The number of methoxy groups -OCH3 is 1. The van der Waals surface area contributed by atoms with E-state index in [4.69, 9.17) is 4.74 Å². The van der Waals surface area contributed by atoms with Crippen molar-refractivity contribution in [3.8, 4) is 5.75 Å². The van der Waals surface area contributed by atoms with Crippen molar-refractivity contribution in [3.63, 3.8) is 0 Å². The van der Waals surface area contributed by atoms with E-state index in [1.54, 1.807) is 7.11 Å². The number of ether oxygens (including phenoxy) is 1. The molecule has 1 aromatic heterocycles. The van der Waals surface area contributed by atoms with Crippen LogP contribution < -0.4 is 4.74 Å². The number of fused-ring (bicyclic) bond motifs is 1. The van der Waals surface area contributed by atoms with E-state index in [0.717, 1.165) is 46.3 Å². The van der Waals surface area contributed by atoms with Gasteiger partial charge < -0.3 is 19.5 Å². The molecular weight excluding hydrogens is 402 g/mol. The number of aliphatic hydroxyl groups excluding tert-OH is 2. The fourth-order valence-corrected chi connectivity index (χ4v) is 4.64. The molecule has 32 heavy (non-hydrogen) atoms. The highest BCUT2D eigenvalue weighted by molar-refractivity contribution is 5.95. The van der Waals surface area contributed by atoms with Crippen molar-refractivity contribution in [2.45, 2.75) is 63.5 Å². The Hall–Kier alpha value is -2.63. The van der Waals surface area contributed by atoms with Crippen LogP contribution in [-0.2, 0) is 28.6 Å². The topological polar surface area (TPSA) is 71.7 Å². The predicted molar refractivity (Wildman–Crippen MR) is 126 cm³/mol. The number of nitrogens with zero attached hydrogens (tertiary/aromatic N) is 1. The second-order valence-electron chi connectivity index (χ2n) is 10.0. The molecular formula is C27H33NO4. The number of hydrogen-bond acceptors (Lipinski definition) is 4. The Labute approximate surface area is 189 Å². The van der Waals surface area contributed by atoms with Crippen LogP contribution >= 0.6 is 0 Å². The first kappa shape index (κ1) is 22.6. The molecule has 0 unspecified atom stereocenters. The van der Waals surface area contributed by atoms with Gasteiger partial charge >= 0.3 is 0 Å². The van der Waals surface area contributed by atoms with Crippen LogP contribution in [0.25, 0.3) is 10.9 Å². The molecule has 0 saturated heterocycles. The summed E-state index contributed by atoms with van der Waals surface area (Å²) in [7, 11) is 1.64. The third-order valence-corrected chi connectivity index (χ3v) is 6.63. The number of rotatable bonds is 8. The van der Waals surface area contributed by atoms with Crippen molar-refractivity contribution in [2.24, 2.45) is 0 Å². The lowest BCUT2D eigenvalue weighted by molar-refractivity contribution is -0.120. The van der Waals surface area contributed by atoms with Crippen molar-refractivity contribution in [2.75, 3.05) is 13.7 Å². The van der Waals surface area contributed by atoms with E-state index < -0.39 is 6.10 Å². The summed E-state index contributed by atoms with van der Waals surface area (Å²) >= 11 is 0. The number of carbonyl (C=O) groups excluding carboxylic acids is 1. The molecule has 0 spiro atoms. The van der Waals surface area contributed by atoms with E-state index in [1.165, 1.54) is 0 Å². The lowest BCUT2D eigenvalue weighted by Crippen LogP contribution is -2.25. The van der Waals surface area contributed by atoms with Gasteiger partial charge in [-0.2, -0.15) is 0 Å². The third kappa shape index (κ3) is 4.19. The summed E-state index contributed by atoms with van der Waals surface area (Å²) in [5.74, 6) is 1.06. The number of Topliss-reactive ketones (excluding diaryl/α,β-unsaturated/α-hetero) is 1. The highest BCUT2D eigenvalue weighted by atomic mass is 16.5. The minimum Gasteiger partial charge on any atom is -0.497 e. The van der Waals surface area contributed by atoms with Crippen molar-refractivity contribution < 1.29 is 19.7 Å². The second kappa shape index (κ2) is 8.38. The van der Waals surface area contributed by atoms with E-state index in [-0.39, 0.29) is 23.2 Å². The Kier molecular flexibility index (Phi) is 5.91. The molecule has 1 aliphatic carbocycles. The summed E-state index contributed by atoms with van der Waals surface area (Å²) in [4.78, 5) is 13.3. The summed E-state index contributed by atoms with van der Waals surface area (Å²) in [6.07, 6.45) is 1.37. The SMILES string of the molecule is COc1ccc(C2(C(=O)Cc3ccc4c(c3)cc(C(C)(C)C)n4C[C@@H](O)CO)CC2)cc1. The molecule has 2 aromatic carbocycles. The van der Waals surface area contributed by atoms with Crippen LogP contribution in [0.4, 0.5) is 0 Å². The summed E-state index contributed by atoms with van der Waals surface area (Å²) in [5.41, 5.74) is 3.70. The number of carbonyl (C=O) groups is 1. The van der Waals surface area contributed by atoms with Gasteiger partial charge in [0, 0.05) is 28.4 Å². The molecule has 1 aliphatic rings. The Balaban J connectivity index is 1.62. The molecule has 170 valence electrons. The van der Waals surface area contributed by atoms with E-state index in [0.29, 0.717) is 13.0 Å². The minimum atomic E-state index is -0.813. The van der Waals surface area contributed by atoms with Gasteiger partial charge in [0.15, 0.2) is 0 Å². The summed E-state index contributed by atoms with van der Waals surface area (Å²) < 4.78 is 7.33. The van der Waals surface area contributed by atoms with Crippen LogP contribution in [-0.4, -0.2) is 40.4 Å². The van der Waals surface area contributed by atoms with E-state index in [1.807, 2.05) is 36.4 Å². The van der Waals surface area contributed by atoms with Gasteiger partial charge in [0.1, 0.15) is 11.5 Å². The van der Waals surface area contributed by atoms with Crippen LogP contribution in [0, 0.1) is 0 Å².